The van der Waals surface area contributed by atoms with Crippen LogP contribution in [0.15, 0.2) is 112 Å². The van der Waals surface area contributed by atoms with Crippen molar-refractivity contribution in [1.82, 2.24) is 10.2 Å². The van der Waals surface area contributed by atoms with Gasteiger partial charge in [-0.2, -0.15) is 0 Å². The molecule has 0 spiro atoms. The first-order valence-electron chi connectivity index (χ1n) is 14.5. The number of halogens is 1. The zero-order valence-electron chi connectivity index (χ0n) is 25.4. The molecule has 0 saturated heterocycles. The molecule has 1 atom stereocenters. The number of hydrogen-bond donors (Lipinski definition) is 1. The topological polar surface area (TPSA) is 86.8 Å². The quantitative estimate of drug-likeness (QED) is 0.188. The fraction of sp³-hybridized carbons (Fsp3) is 0.257. The molecular weight excluding hydrogens is 638 g/mol. The number of rotatable bonds is 12. The smallest absolute Gasteiger partial charge is 0.264 e. The Balaban J connectivity index is 1.80. The molecule has 0 aliphatic carbocycles. The molecule has 0 fully saturated rings. The van der Waals surface area contributed by atoms with E-state index in [1.54, 1.807) is 48.5 Å². The first kappa shape index (κ1) is 33.0. The monoisotopic (exact) mass is 675 g/mol. The third-order valence-corrected chi connectivity index (χ3v) is 9.44. The Bertz CT molecular complexity index is 1680. The van der Waals surface area contributed by atoms with Crippen molar-refractivity contribution in [2.24, 2.45) is 0 Å². The molecule has 0 aliphatic heterocycles. The van der Waals surface area contributed by atoms with Crippen LogP contribution in [-0.2, 0) is 32.6 Å². The van der Waals surface area contributed by atoms with Crippen LogP contribution in [0.5, 0.6) is 0 Å². The number of carbonyl (C=O) groups excluding carboxylic acids is 2. The Kier molecular flexibility index (Phi) is 11.0. The molecule has 0 radical (unpaired) electrons. The summed E-state index contributed by atoms with van der Waals surface area (Å²) >= 11 is 3.44. The van der Waals surface area contributed by atoms with Crippen molar-refractivity contribution in [2.45, 2.75) is 57.6 Å². The molecule has 0 saturated carbocycles. The fourth-order valence-corrected chi connectivity index (χ4v) is 6.62. The maximum Gasteiger partial charge on any atom is 0.264 e. The maximum atomic E-state index is 14.5. The van der Waals surface area contributed by atoms with Gasteiger partial charge in [-0.05, 0) is 69.2 Å². The highest BCUT2D eigenvalue weighted by atomic mass is 79.9. The molecule has 4 aromatic rings. The molecule has 1 N–H and O–H groups in total. The summed E-state index contributed by atoms with van der Waals surface area (Å²) in [7, 11) is -4.15. The third-order valence-electron chi connectivity index (χ3n) is 7.16. The second kappa shape index (κ2) is 14.7. The standard InChI is InChI=1S/C35H38BrN3O4S/c1-25(2)37-35(41)33(21-28-9-6-5-7-10-28)38(23-29-17-13-26(3)14-18-29)34(40)24-39(31-12-8-11-30(36)22-31)44(42,43)32-19-15-27(4)16-20-32/h5-20,22,25,33H,21,23-24H2,1-4H3,(H,37,41)/t33-/m1/s1. The van der Waals surface area contributed by atoms with Crippen LogP contribution in [0.25, 0.3) is 0 Å². The Morgan fingerprint density at radius 1 is 0.795 bits per heavy atom. The van der Waals surface area contributed by atoms with Crippen LogP contribution in [0.3, 0.4) is 0 Å². The summed E-state index contributed by atoms with van der Waals surface area (Å²) in [6.45, 7) is 7.22. The molecule has 4 rings (SSSR count). The molecule has 0 heterocycles. The van der Waals surface area contributed by atoms with Gasteiger partial charge in [-0.3, -0.25) is 13.9 Å². The maximum absolute atomic E-state index is 14.5. The number of aryl methyl sites for hydroxylation is 2. The summed E-state index contributed by atoms with van der Waals surface area (Å²) in [5.74, 6) is -0.805. The van der Waals surface area contributed by atoms with Gasteiger partial charge in [-0.15, -0.1) is 0 Å². The number of carbonyl (C=O) groups is 2. The number of benzene rings is 4. The van der Waals surface area contributed by atoms with Gasteiger partial charge < -0.3 is 10.2 Å². The highest BCUT2D eigenvalue weighted by molar-refractivity contribution is 9.10. The van der Waals surface area contributed by atoms with Crippen molar-refractivity contribution in [3.63, 3.8) is 0 Å². The van der Waals surface area contributed by atoms with E-state index in [4.69, 9.17) is 0 Å². The molecular formula is C35H38BrN3O4S. The number of sulfonamides is 1. The predicted octanol–water partition coefficient (Wildman–Crippen LogP) is 6.43. The van der Waals surface area contributed by atoms with Gasteiger partial charge >= 0.3 is 0 Å². The van der Waals surface area contributed by atoms with Gasteiger partial charge in [0.05, 0.1) is 10.6 Å². The summed E-state index contributed by atoms with van der Waals surface area (Å²) in [5.41, 5.74) is 4.02. The van der Waals surface area contributed by atoms with Crippen LogP contribution < -0.4 is 9.62 Å². The molecule has 230 valence electrons. The Labute approximate surface area is 269 Å². The van der Waals surface area contributed by atoms with Crippen LogP contribution in [0.2, 0.25) is 0 Å². The number of anilines is 1. The zero-order chi connectivity index (χ0) is 31.9. The zero-order valence-corrected chi connectivity index (χ0v) is 27.8. The number of hydrogen-bond acceptors (Lipinski definition) is 4. The van der Waals surface area contributed by atoms with Crippen molar-refractivity contribution in [3.8, 4) is 0 Å². The molecule has 0 aromatic heterocycles. The fourth-order valence-electron chi connectivity index (χ4n) is 4.82. The lowest BCUT2D eigenvalue weighted by Gasteiger charge is -2.34. The van der Waals surface area contributed by atoms with Crippen LogP contribution >= 0.6 is 15.9 Å². The van der Waals surface area contributed by atoms with E-state index in [0.29, 0.717) is 10.2 Å². The van der Waals surface area contributed by atoms with Crippen molar-refractivity contribution in [3.05, 3.63) is 130 Å². The number of nitrogens with one attached hydrogen (secondary N) is 1. The van der Waals surface area contributed by atoms with E-state index < -0.39 is 28.5 Å². The van der Waals surface area contributed by atoms with Crippen molar-refractivity contribution in [1.29, 1.82) is 0 Å². The van der Waals surface area contributed by atoms with Gasteiger partial charge in [-0.1, -0.05) is 99.9 Å². The second-order valence-corrected chi connectivity index (χ2v) is 14.0. The summed E-state index contributed by atoms with van der Waals surface area (Å²) in [5, 5.41) is 2.98. The molecule has 0 aliphatic rings. The second-order valence-electron chi connectivity index (χ2n) is 11.2. The summed E-state index contributed by atoms with van der Waals surface area (Å²) in [6.07, 6.45) is 0.262. The number of nitrogens with zero attached hydrogens (tertiary/aromatic N) is 2. The minimum Gasteiger partial charge on any atom is -0.352 e. The van der Waals surface area contributed by atoms with E-state index in [1.165, 1.54) is 4.90 Å². The molecule has 9 heteroatoms. The van der Waals surface area contributed by atoms with E-state index in [-0.39, 0.29) is 29.8 Å². The highest BCUT2D eigenvalue weighted by Gasteiger charge is 2.34. The SMILES string of the molecule is Cc1ccc(CN(C(=O)CN(c2cccc(Br)c2)S(=O)(=O)c2ccc(C)cc2)[C@H](Cc2ccccc2)C(=O)NC(C)C)cc1. The van der Waals surface area contributed by atoms with Gasteiger partial charge in [0.25, 0.3) is 10.0 Å². The van der Waals surface area contributed by atoms with Gasteiger partial charge in [0, 0.05) is 23.5 Å². The lowest BCUT2D eigenvalue weighted by molar-refractivity contribution is -0.140. The average molecular weight is 677 g/mol. The Hall–Kier alpha value is -3.95. The molecule has 44 heavy (non-hydrogen) atoms. The van der Waals surface area contributed by atoms with Crippen molar-refractivity contribution >= 4 is 43.5 Å². The summed E-state index contributed by atoms with van der Waals surface area (Å²) in [6, 6.07) is 29.6. The minimum absolute atomic E-state index is 0.0688. The van der Waals surface area contributed by atoms with Crippen molar-refractivity contribution in [2.75, 3.05) is 10.8 Å². The minimum atomic E-state index is -4.15. The largest absolute Gasteiger partial charge is 0.352 e. The lowest BCUT2D eigenvalue weighted by Crippen LogP contribution is -2.54. The highest BCUT2D eigenvalue weighted by Crippen LogP contribution is 2.27. The van der Waals surface area contributed by atoms with Gasteiger partial charge in [-0.25, -0.2) is 8.42 Å². The van der Waals surface area contributed by atoms with E-state index >= 15 is 0 Å². The Morgan fingerprint density at radius 3 is 2.00 bits per heavy atom. The predicted molar refractivity (Wildman–Crippen MR) is 179 cm³/mol. The summed E-state index contributed by atoms with van der Waals surface area (Å²) in [4.78, 5) is 29.8. The molecule has 4 aromatic carbocycles. The van der Waals surface area contributed by atoms with Crippen LogP contribution in [0, 0.1) is 13.8 Å². The number of amides is 2. The van der Waals surface area contributed by atoms with Crippen molar-refractivity contribution < 1.29 is 18.0 Å². The summed E-state index contributed by atoms with van der Waals surface area (Å²) < 4.78 is 30.0. The van der Waals surface area contributed by atoms with Gasteiger partial charge in [0.15, 0.2) is 0 Å². The van der Waals surface area contributed by atoms with Gasteiger partial charge in [0.2, 0.25) is 11.8 Å². The molecule has 7 nitrogen and oxygen atoms in total. The van der Waals surface area contributed by atoms with E-state index in [0.717, 1.165) is 26.6 Å². The van der Waals surface area contributed by atoms with E-state index in [1.807, 2.05) is 82.3 Å². The van der Waals surface area contributed by atoms with Crippen LogP contribution in [0.1, 0.15) is 36.1 Å². The van der Waals surface area contributed by atoms with Crippen LogP contribution in [0.4, 0.5) is 5.69 Å². The third kappa shape index (κ3) is 8.57. The van der Waals surface area contributed by atoms with E-state index in [9.17, 15) is 18.0 Å². The molecule has 0 bridgehead atoms. The first-order valence-corrected chi connectivity index (χ1v) is 16.7. The van der Waals surface area contributed by atoms with Gasteiger partial charge in [0.1, 0.15) is 12.6 Å². The molecule has 0 unspecified atom stereocenters. The van der Waals surface area contributed by atoms with Crippen LogP contribution in [-0.4, -0.2) is 43.8 Å². The lowest BCUT2D eigenvalue weighted by atomic mass is 10.0. The normalized spacial score (nSPS) is 12.0. The Morgan fingerprint density at radius 2 is 1.41 bits per heavy atom. The first-order chi connectivity index (χ1) is 20.9. The average Bonchev–Trinajstić information content (AvgIpc) is 2.98. The molecule has 2 amide bonds. The van der Waals surface area contributed by atoms with E-state index in [2.05, 4.69) is 21.2 Å².